The van der Waals surface area contributed by atoms with Crippen LogP contribution in [0.3, 0.4) is 0 Å². The van der Waals surface area contributed by atoms with Crippen LogP contribution >= 0.6 is 11.8 Å². The lowest BCUT2D eigenvalue weighted by Crippen LogP contribution is -2.40. The molecular weight excluding hydrogens is 396 g/mol. The summed E-state index contributed by atoms with van der Waals surface area (Å²) in [7, 11) is -3.63. The first kappa shape index (κ1) is 20.9. The molecule has 28 heavy (non-hydrogen) atoms. The number of benzene rings is 2. The highest BCUT2D eigenvalue weighted by atomic mass is 32.2. The molecule has 6 nitrogen and oxygen atoms in total. The van der Waals surface area contributed by atoms with E-state index in [0.29, 0.717) is 43.1 Å². The van der Waals surface area contributed by atoms with E-state index >= 15 is 0 Å². The van der Waals surface area contributed by atoms with E-state index < -0.39 is 10.0 Å². The molecule has 8 heteroatoms. The average Bonchev–Trinajstić information content (AvgIpc) is 2.71. The zero-order chi connectivity index (χ0) is 20.1. The maximum Gasteiger partial charge on any atom is 0.255 e. The highest BCUT2D eigenvalue weighted by Gasteiger charge is 2.28. The summed E-state index contributed by atoms with van der Waals surface area (Å²) in [5.41, 5.74) is 2.78. The number of sulfonamides is 1. The number of aryl methyl sites for hydroxylation is 1. The third-order valence-corrected chi connectivity index (χ3v) is 7.22. The molecule has 2 aromatic carbocycles. The zero-order valence-corrected chi connectivity index (χ0v) is 17.6. The Morgan fingerprint density at radius 1 is 1.14 bits per heavy atom. The molecule has 0 spiro atoms. The van der Waals surface area contributed by atoms with Crippen molar-refractivity contribution < 1.29 is 17.9 Å². The Morgan fingerprint density at radius 2 is 1.82 bits per heavy atom. The van der Waals surface area contributed by atoms with E-state index in [4.69, 9.17) is 4.74 Å². The number of morpholine rings is 1. The van der Waals surface area contributed by atoms with Gasteiger partial charge in [-0.05, 0) is 48.6 Å². The first-order chi connectivity index (χ1) is 13.4. The molecule has 0 radical (unpaired) electrons. The Balaban J connectivity index is 1.80. The third-order valence-electron chi connectivity index (χ3n) is 4.56. The van der Waals surface area contributed by atoms with Gasteiger partial charge < -0.3 is 10.1 Å². The zero-order valence-electron chi connectivity index (χ0n) is 16.0. The molecule has 150 valence electrons. The number of carbonyl (C=O) groups is 1. The van der Waals surface area contributed by atoms with Crippen molar-refractivity contribution in [3.05, 3.63) is 59.2 Å². The molecule has 1 aliphatic rings. The van der Waals surface area contributed by atoms with Gasteiger partial charge in [-0.25, -0.2) is 8.42 Å². The van der Waals surface area contributed by atoms with Gasteiger partial charge in [-0.15, -0.1) is 0 Å². The minimum Gasteiger partial charge on any atom is -0.379 e. The summed E-state index contributed by atoms with van der Waals surface area (Å²) < 4.78 is 32.6. The standard InChI is InChI=1S/C20H24N2O4S2/c1-15-3-8-18(13-19(15)28(24,25)22-9-11-26-12-10-22)21-20(23)17-6-4-16(5-7-17)14-27-2/h3-8,13H,9-12,14H2,1-2H3,(H,21,23). The molecular formula is C20H24N2O4S2. The maximum absolute atomic E-state index is 13.0. The molecule has 1 heterocycles. The summed E-state index contributed by atoms with van der Waals surface area (Å²) in [5, 5.41) is 2.80. The molecule has 0 unspecified atom stereocenters. The summed E-state index contributed by atoms with van der Waals surface area (Å²) in [4.78, 5) is 12.7. The van der Waals surface area contributed by atoms with Crippen LogP contribution in [-0.4, -0.2) is 51.2 Å². The SMILES string of the molecule is CSCc1ccc(C(=O)Nc2ccc(C)c(S(=O)(=O)N3CCOCC3)c2)cc1. The van der Waals surface area contributed by atoms with E-state index in [0.717, 1.165) is 11.3 Å². The maximum atomic E-state index is 13.0. The van der Waals surface area contributed by atoms with Crippen LogP contribution in [0.15, 0.2) is 47.4 Å². The van der Waals surface area contributed by atoms with Gasteiger partial charge in [-0.3, -0.25) is 4.79 Å². The Morgan fingerprint density at radius 3 is 2.46 bits per heavy atom. The number of anilines is 1. The van der Waals surface area contributed by atoms with E-state index in [1.54, 1.807) is 43.0 Å². The van der Waals surface area contributed by atoms with E-state index in [-0.39, 0.29) is 10.8 Å². The van der Waals surface area contributed by atoms with Crippen LogP contribution in [0.1, 0.15) is 21.5 Å². The van der Waals surface area contributed by atoms with Gasteiger partial charge in [0.2, 0.25) is 10.0 Å². The molecule has 0 aliphatic carbocycles. The van der Waals surface area contributed by atoms with E-state index in [9.17, 15) is 13.2 Å². The number of hydrogen-bond acceptors (Lipinski definition) is 5. The molecule has 0 aromatic heterocycles. The second-order valence-corrected chi connectivity index (χ2v) is 9.35. The molecule has 2 aromatic rings. The normalized spacial score (nSPS) is 15.4. The highest BCUT2D eigenvalue weighted by Crippen LogP contribution is 2.25. The number of rotatable bonds is 6. The summed E-state index contributed by atoms with van der Waals surface area (Å²) in [6.45, 7) is 3.20. The molecule has 1 fully saturated rings. The van der Waals surface area contributed by atoms with Crippen molar-refractivity contribution >= 4 is 33.4 Å². The Kier molecular flexibility index (Phi) is 6.77. The molecule has 0 saturated carbocycles. The quantitative estimate of drug-likeness (QED) is 0.777. The topological polar surface area (TPSA) is 75.7 Å². The fourth-order valence-electron chi connectivity index (χ4n) is 3.00. The van der Waals surface area contributed by atoms with Crippen LogP contribution in [0, 0.1) is 6.92 Å². The Labute approximate surface area is 170 Å². The van der Waals surface area contributed by atoms with E-state index in [1.165, 1.54) is 10.4 Å². The van der Waals surface area contributed by atoms with Crippen molar-refractivity contribution in [2.45, 2.75) is 17.6 Å². The van der Waals surface area contributed by atoms with Gasteiger partial charge in [-0.1, -0.05) is 18.2 Å². The summed E-state index contributed by atoms with van der Waals surface area (Å²) in [5.74, 6) is 0.622. The summed E-state index contributed by atoms with van der Waals surface area (Å²) in [6.07, 6.45) is 2.03. The summed E-state index contributed by atoms with van der Waals surface area (Å²) in [6, 6.07) is 12.4. The van der Waals surface area contributed by atoms with Gasteiger partial charge in [-0.2, -0.15) is 16.1 Å². The highest BCUT2D eigenvalue weighted by molar-refractivity contribution is 7.97. The van der Waals surface area contributed by atoms with Crippen LogP contribution in [0.2, 0.25) is 0 Å². The third kappa shape index (κ3) is 4.75. The van der Waals surface area contributed by atoms with Crippen LogP contribution < -0.4 is 5.32 Å². The fourth-order valence-corrected chi connectivity index (χ4v) is 5.19. The largest absolute Gasteiger partial charge is 0.379 e. The molecule has 1 amide bonds. The second-order valence-electron chi connectivity index (χ2n) is 6.58. The molecule has 0 atom stereocenters. The lowest BCUT2D eigenvalue weighted by atomic mass is 10.1. The lowest BCUT2D eigenvalue weighted by molar-refractivity contribution is 0.0730. The monoisotopic (exact) mass is 420 g/mol. The first-order valence-electron chi connectivity index (χ1n) is 8.99. The van der Waals surface area contributed by atoms with Gasteiger partial charge in [0.1, 0.15) is 0 Å². The van der Waals surface area contributed by atoms with Crippen molar-refractivity contribution in [1.82, 2.24) is 4.31 Å². The van der Waals surface area contributed by atoms with Crippen molar-refractivity contribution in [2.24, 2.45) is 0 Å². The van der Waals surface area contributed by atoms with Crippen molar-refractivity contribution in [3.63, 3.8) is 0 Å². The van der Waals surface area contributed by atoms with Gasteiger partial charge in [0.15, 0.2) is 0 Å². The van der Waals surface area contributed by atoms with E-state index in [2.05, 4.69) is 5.32 Å². The molecule has 1 aliphatic heterocycles. The number of nitrogens with one attached hydrogen (secondary N) is 1. The van der Waals surface area contributed by atoms with Crippen molar-refractivity contribution in [3.8, 4) is 0 Å². The number of hydrogen-bond donors (Lipinski definition) is 1. The van der Waals surface area contributed by atoms with Gasteiger partial charge >= 0.3 is 0 Å². The van der Waals surface area contributed by atoms with Crippen LogP contribution in [-0.2, 0) is 20.5 Å². The van der Waals surface area contributed by atoms with Crippen LogP contribution in [0.5, 0.6) is 0 Å². The molecule has 1 saturated heterocycles. The average molecular weight is 421 g/mol. The van der Waals surface area contributed by atoms with Gasteiger partial charge in [0, 0.05) is 30.1 Å². The molecule has 1 N–H and O–H groups in total. The number of ether oxygens (including phenoxy) is 1. The first-order valence-corrected chi connectivity index (χ1v) is 11.8. The van der Waals surface area contributed by atoms with Crippen LogP contribution in [0.4, 0.5) is 5.69 Å². The van der Waals surface area contributed by atoms with Gasteiger partial charge in [0.25, 0.3) is 5.91 Å². The van der Waals surface area contributed by atoms with Crippen molar-refractivity contribution in [1.29, 1.82) is 0 Å². The second kappa shape index (κ2) is 9.09. The number of nitrogens with zero attached hydrogens (tertiary/aromatic N) is 1. The smallest absolute Gasteiger partial charge is 0.255 e. The number of carbonyl (C=O) groups excluding carboxylic acids is 1. The van der Waals surface area contributed by atoms with Crippen molar-refractivity contribution in [2.75, 3.05) is 37.9 Å². The Hall–Kier alpha value is -1.87. The predicted octanol–water partition coefficient (Wildman–Crippen LogP) is 3.13. The van der Waals surface area contributed by atoms with E-state index in [1.807, 2.05) is 18.4 Å². The minimum absolute atomic E-state index is 0.211. The number of thioether (sulfide) groups is 1. The van der Waals surface area contributed by atoms with Crippen LogP contribution in [0.25, 0.3) is 0 Å². The number of amides is 1. The fraction of sp³-hybridized carbons (Fsp3) is 0.350. The minimum atomic E-state index is -3.63. The van der Waals surface area contributed by atoms with Gasteiger partial charge in [0.05, 0.1) is 18.1 Å². The lowest BCUT2D eigenvalue weighted by Gasteiger charge is -2.26. The summed E-state index contributed by atoms with van der Waals surface area (Å²) >= 11 is 1.72. The molecule has 0 bridgehead atoms. The molecule has 3 rings (SSSR count). The predicted molar refractivity (Wildman–Crippen MR) is 112 cm³/mol. The Bertz CT molecular complexity index is 937.